The number of hydrogen-bond acceptors (Lipinski definition) is 2. The van der Waals surface area contributed by atoms with Gasteiger partial charge in [0, 0.05) is 10.5 Å². The lowest BCUT2D eigenvalue weighted by atomic mass is 9.89. The topological polar surface area (TPSA) is 49.3 Å². The fraction of sp³-hybridized carbons (Fsp3) is 0.533. The smallest absolute Gasteiger partial charge is 0.309 e. The number of nitrogens with one attached hydrogen (secondary N) is 1. The lowest BCUT2D eigenvalue weighted by molar-refractivity contribution is -0.147. The Hall–Kier alpha value is -0.870. The lowest BCUT2D eigenvalue weighted by Crippen LogP contribution is -2.34. The molecule has 0 radical (unpaired) electrons. The minimum Gasteiger partial charge on any atom is -0.481 e. The first-order chi connectivity index (χ1) is 8.81. The number of hydrogen-bond donors (Lipinski definition) is 2. The number of aliphatic carboxylic acids is 1. The minimum atomic E-state index is -0.741. The van der Waals surface area contributed by atoms with Crippen molar-refractivity contribution >= 4 is 21.9 Å². The first-order valence-electron chi connectivity index (χ1n) is 6.52. The molecule has 1 rings (SSSR count). The zero-order chi connectivity index (χ0) is 14.5. The molecule has 4 heteroatoms. The van der Waals surface area contributed by atoms with Crippen LogP contribution in [0.5, 0.6) is 0 Å². The van der Waals surface area contributed by atoms with Crippen LogP contribution in [-0.2, 0) is 11.2 Å². The van der Waals surface area contributed by atoms with Gasteiger partial charge in [0.1, 0.15) is 0 Å². The number of rotatable bonds is 7. The van der Waals surface area contributed by atoms with Gasteiger partial charge in [0.05, 0.1) is 5.41 Å². The highest BCUT2D eigenvalue weighted by atomic mass is 79.9. The van der Waals surface area contributed by atoms with E-state index in [1.54, 1.807) is 13.8 Å². The Kier molecular flexibility index (Phi) is 6.01. The third kappa shape index (κ3) is 5.74. The SMILES string of the molecule is CC(Cc1ccc(Br)cc1)NCCC(C)(C)C(=O)O. The van der Waals surface area contributed by atoms with Crippen molar-refractivity contribution in [2.45, 2.75) is 39.7 Å². The molecule has 0 spiro atoms. The molecule has 0 fully saturated rings. The van der Waals surface area contributed by atoms with Crippen LogP contribution in [0.1, 0.15) is 32.8 Å². The lowest BCUT2D eigenvalue weighted by Gasteiger charge is -2.21. The van der Waals surface area contributed by atoms with Crippen molar-refractivity contribution in [2.75, 3.05) is 6.54 Å². The minimum absolute atomic E-state index is 0.339. The number of carbonyl (C=O) groups is 1. The molecule has 1 aromatic rings. The largest absolute Gasteiger partial charge is 0.481 e. The van der Waals surface area contributed by atoms with Crippen molar-refractivity contribution in [3.8, 4) is 0 Å². The first kappa shape index (κ1) is 16.2. The molecule has 0 heterocycles. The molecular formula is C15H22BrNO2. The Morgan fingerprint density at radius 3 is 2.47 bits per heavy atom. The molecule has 1 aromatic carbocycles. The van der Waals surface area contributed by atoms with Gasteiger partial charge in [-0.2, -0.15) is 0 Å². The summed E-state index contributed by atoms with van der Waals surface area (Å²) in [4.78, 5) is 11.0. The van der Waals surface area contributed by atoms with E-state index in [2.05, 4.69) is 40.3 Å². The molecule has 0 saturated heterocycles. The van der Waals surface area contributed by atoms with E-state index >= 15 is 0 Å². The molecule has 0 aliphatic heterocycles. The molecule has 106 valence electrons. The van der Waals surface area contributed by atoms with Crippen molar-refractivity contribution in [3.63, 3.8) is 0 Å². The summed E-state index contributed by atoms with van der Waals surface area (Å²) in [6.07, 6.45) is 1.58. The van der Waals surface area contributed by atoms with E-state index in [4.69, 9.17) is 5.11 Å². The normalized spacial score (nSPS) is 13.3. The average molecular weight is 328 g/mol. The van der Waals surface area contributed by atoms with Gasteiger partial charge in [0.15, 0.2) is 0 Å². The third-order valence-corrected chi connectivity index (χ3v) is 3.81. The first-order valence-corrected chi connectivity index (χ1v) is 7.32. The van der Waals surface area contributed by atoms with Crippen LogP contribution in [0.15, 0.2) is 28.7 Å². The molecule has 0 aliphatic carbocycles. The molecule has 1 atom stereocenters. The second kappa shape index (κ2) is 7.06. The zero-order valence-electron chi connectivity index (χ0n) is 11.7. The summed E-state index contributed by atoms with van der Waals surface area (Å²) in [5.41, 5.74) is 0.616. The summed E-state index contributed by atoms with van der Waals surface area (Å²) < 4.78 is 1.08. The Bertz CT molecular complexity index is 415. The molecule has 3 nitrogen and oxygen atoms in total. The zero-order valence-corrected chi connectivity index (χ0v) is 13.3. The van der Waals surface area contributed by atoms with Gasteiger partial charge < -0.3 is 10.4 Å². The second-order valence-corrected chi connectivity index (χ2v) is 6.54. The van der Waals surface area contributed by atoms with Crippen molar-refractivity contribution in [1.82, 2.24) is 5.32 Å². The van der Waals surface area contributed by atoms with Crippen LogP contribution < -0.4 is 5.32 Å². The molecule has 1 unspecified atom stereocenters. The van der Waals surface area contributed by atoms with Crippen molar-refractivity contribution in [1.29, 1.82) is 0 Å². The number of benzene rings is 1. The Morgan fingerprint density at radius 2 is 1.95 bits per heavy atom. The maximum atomic E-state index is 11.0. The molecule has 0 aromatic heterocycles. The molecule has 0 amide bonds. The van der Waals surface area contributed by atoms with Crippen LogP contribution in [0.2, 0.25) is 0 Å². The van der Waals surface area contributed by atoms with Gasteiger partial charge >= 0.3 is 5.97 Å². The van der Waals surface area contributed by atoms with Crippen molar-refractivity contribution in [3.05, 3.63) is 34.3 Å². The highest BCUT2D eigenvalue weighted by Gasteiger charge is 2.26. The predicted molar refractivity (Wildman–Crippen MR) is 81.3 cm³/mol. The number of carboxylic acids is 1. The summed E-state index contributed by atoms with van der Waals surface area (Å²) >= 11 is 3.42. The van der Waals surface area contributed by atoms with E-state index in [0.717, 1.165) is 17.4 Å². The molecular weight excluding hydrogens is 306 g/mol. The van der Waals surface area contributed by atoms with Gasteiger partial charge in [-0.3, -0.25) is 4.79 Å². The molecule has 0 aliphatic rings. The van der Waals surface area contributed by atoms with Gasteiger partial charge in [-0.1, -0.05) is 28.1 Å². The predicted octanol–water partition coefficient (Wildman–Crippen LogP) is 3.47. The van der Waals surface area contributed by atoms with E-state index in [-0.39, 0.29) is 0 Å². The van der Waals surface area contributed by atoms with E-state index in [0.29, 0.717) is 12.5 Å². The van der Waals surface area contributed by atoms with E-state index < -0.39 is 11.4 Å². The molecule has 2 N–H and O–H groups in total. The maximum Gasteiger partial charge on any atom is 0.309 e. The van der Waals surface area contributed by atoms with E-state index in [1.807, 2.05) is 12.1 Å². The summed E-state index contributed by atoms with van der Waals surface area (Å²) in [6.45, 7) is 6.36. The standard InChI is InChI=1S/C15H22BrNO2/c1-11(10-12-4-6-13(16)7-5-12)17-9-8-15(2,3)14(18)19/h4-7,11,17H,8-10H2,1-3H3,(H,18,19). The Balaban J connectivity index is 2.34. The Labute approximate surface area is 123 Å². The van der Waals surface area contributed by atoms with Gasteiger partial charge in [-0.15, -0.1) is 0 Å². The third-order valence-electron chi connectivity index (χ3n) is 3.28. The second-order valence-electron chi connectivity index (χ2n) is 5.62. The van der Waals surface area contributed by atoms with Crippen molar-refractivity contribution in [2.24, 2.45) is 5.41 Å². The Morgan fingerprint density at radius 1 is 1.37 bits per heavy atom. The van der Waals surface area contributed by atoms with Crippen LogP contribution in [0.3, 0.4) is 0 Å². The summed E-state index contributed by atoms with van der Waals surface area (Å²) in [5, 5.41) is 12.4. The highest BCUT2D eigenvalue weighted by Crippen LogP contribution is 2.19. The number of carboxylic acid groups (broad SMARTS) is 1. The van der Waals surface area contributed by atoms with Crippen LogP contribution in [0.4, 0.5) is 0 Å². The van der Waals surface area contributed by atoms with Crippen LogP contribution in [0.25, 0.3) is 0 Å². The van der Waals surface area contributed by atoms with Crippen molar-refractivity contribution < 1.29 is 9.90 Å². The number of halogens is 1. The molecule has 0 bridgehead atoms. The monoisotopic (exact) mass is 327 g/mol. The van der Waals surface area contributed by atoms with Gasteiger partial charge in [0.2, 0.25) is 0 Å². The summed E-state index contributed by atoms with van der Waals surface area (Å²) in [6, 6.07) is 8.61. The quantitative estimate of drug-likeness (QED) is 0.806. The van der Waals surface area contributed by atoms with Crippen LogP contribution >= 0.6 is 15.9 Å². The molecule has 0 saturated carbocycles. The van der Waals surface area contributed by atoms with Gasteiger partial charge in [0.25, 0.3) is 0 Å². The average Bonchev–Trinajstić information content (AvgIpc) is 2.31. The summed E-state index contributed by atoms with van der Waals surface area (Å²) in [5.74, 6) is -0.741. The summed E-state index contributed by atoms with van der Waals surface area (Å²) in [7, 11) is 0. The van der Waals surface area contributed by atoms with Crippen LogP contribution in [0, 0.1) is 5.41 Å². The maximum absolute atomic E-state index is 11.0. The van der Waals surface area contributed by atoms with Gasteiger partial charge in [-0.25, -0.2) is 0 Å². The van der Waals surface area contributed by atoms with Crippen LogP contribution in [-0.4, -0.2) is 23.7 Å². The highest BCUT2D eigenvalue weighted by molar-refractivity contribution is 9.10. The fourth-order valence-corrected chi connectivity index (χ4v) is 2.05. The fourth-order valence-electron chi connectivity index (χ4n) is 1.78. The van der Waals surface area contributed by atoms with Gasteiger partial charge in [-0.05, 0) is 57.9 Å². The van der Waals surface area contributed by atoms with E-state index in [1.165, 1.54) is 5.56 Å². The van der Waals surface area contributed by atoms with E-state index in [9.17, 15) is 4.79 Å². The molecule has 19 heavy (non-hydrogen) atoms.